The Bertz CT molecular complexity index is 721. The SMILES string of the molecule is CC(C)CNC(=O)C(=O)NC[C@@H]1OCCCN1S(=O)(=O)c1ccccc1. The van der Waals surface area contributed by atoms with Crippen LogP contribution in [0.15, 0.2) is 35.2 Å². The van der Waals surface area contributed by atoms with Crippen molar-refractivity contribution in [3.05, 3.63) is 30.3 Å². The summed E-state index contributed by atoms with van der Waals surface area (Å²) in [5.74, 6) is -1.33. The molecule has 0 radical (unpaired) electrons. The summed E-state index contributed by atoms with van der Waals surface area (Å²) < 4.78 is 32.4. The second-order valence-corrected chi connectivity index (χ2v) is 8.31. The molecule has 2 amide bonds. The van der Waals surface area contributed by atoms with Crippen LogP contribution in [-0.4, -0.2) is 57.0 Å². The highest BCUT2D eigenvalue weighted by Gasteiger charge is 2.34. The van der Waals surface area contributed by atoms with Crippen LogP contribution in [-0.2, 0) is 24.3 Å². The molecule has 0 saturated carbocycles. The number of benzene rings is 1. The lowest BCUT2D eigenvalue weighted by atomic mass is 10.2. The molecule has 8 nitrogen and oxygen atoms in total. The highest BCUT2D eigenvalue weighted by molar-refractivity contribution is 7.89. The van der Waals surface area contributed by atoms with Crippen LogP contribution in [0.1, 0.15) is 20.3 Å². The zero-order chi connectivity index (χ0) is 19.2. The lowest BCUT2D eigenvalue weighted by Gasteiger charge is -2.34. The van der Waals surface area contributed by atoms with Crippen LogP contribution in [0.5, 0.6) is 0 Å². The van der Waals surface area contributed by atoms with E-state index in [2.05, 4.69) is 10.6 Å². The molecule has 144 valence electrons. The summed E-state index contributed by atoms with van der Waals surface area (Å²) in [7, 11) is -3.74. The maximum atomic E-state index is 12.8. The number of sulfonamides is 1. The van der Waals surface area contributed by atoms with Crippen LogP contribution >= 0.6 is 0 Å². The number of hydrogen-bond acceptors (Lipinski definition) is 5. The number of nitrogens with zero attached hydrogens (tertiary/aromatic N) is 1. The third-order valence-electron chi connectivity index (χ3n) is 3.82. The van der Waals surface area contributed by atoms with Crippen molar-refractivity contribution in [3.63, 3.8) is 0 Å². The molecular weight excluding hydrogens is 358 g/mol. The molecule has 0 spiro atoms. The van der Waals surface area contributed by atoms with Gasteiger partial charge in [0.05, 0.1) is 18.0 Å². The molecule has 9 heteroatoms. The van der Waals surface area contributed by atoms with E-state index in [1.165, 1.54) is 16.4 Å². The lowest BCUT2D eigenvalue weighted by Crippen LogP contribution is -2.53. The van der Waals surface area contributed by atoms with E-state index >= 15 is 0 Å². The van der Waals surface area contributed by atoms with E-state index in [9.17, 15) is 18.0 Å². The molecule has 0 aliphatic carbocycles. The van der Waals surface area contributed by atoms with Crippen LogP contribution < -0.4 is 10.6 Å². The number of nitrogens with one attached hydrogen (secondary N) is 2. The van der Waals surface area contributed by atoms with E-state index in [0.29, 0.717) is 19.6 Å². The van der Waals surface area contributed by atoms with Crippen LogP contribution in [0.2, 0.25) is 0 Å². The number of carbonyl (C=O) groups is 2. The third-order valence-corrected chi connectivity index (χ3v) is 5.72. The summed E-state index contributed by atoms with van der Waals surface area (Å²) in [5.41, 5.74) is 0. The van der Waals surface area contributed by atoms with Gasteiger partial charge in [-0.15, -0.1) is 0 Å². The number of amides is 2. The quantitative estimate of drug-likeness (QED) is 0.688. The zero-order valence-corrected chi connectivity index (χ0v) is 15.8. The Labute approximate surface area is 153 Å². The van der Waals surface area contributed by atoms with Gasteiger partial charge >= 0.3 is 11.8 Å². The minimum Gasteiger partial charge on any atom is -0.360 e. The molecule has 2 N–H and O–H groups in total. The first kappa shape index (κ1) is 20.3. The molecular formula is C17H25N3O5S. The number of rotatable bonds is 6. The van der Waals surface area contributed by atoms with Crippen molar-refractivity contribution in [2.75, 3.05) is 26.2 Å². The Morgan fingerprint density at radius 2 is 1.85 bits per heavy atom. The molecule has 1 aliphatic rings. The standard InChI is InChI=1S/C17H25N3O5S/c1-13(2)11-18-16(21)17(22)19-12-15-20(9-6-10-25-15)26(23,24)14-7-4-3-5-8-14/h3-5,7-8,13,15H,6,9-12H2,1-2H3,(H,18,21)(H,19,22)/t15-/m0/s1. The van der Waals surface area contributed by atoms with Gasteiger partial charge in [-0.25, -0.2) is 8.42 Å². The minimum atomic E-state index is -3.74. The first-order chi connectivity index (χ1) is 12.3. The highest BCUT2D eigenvalue weighted by atomic mass is 32.2. The van der Waals surface area contributed by atoms with E-state index in [1.54, 1.807) is 18.2 Å². The average Bonchev–Trinajstić information content (AvgIpc) is 2.65. The first-order valence-electron chi connectivity index (χ1n) is 8.57. The highest BCUT2D eigenvalue weighted by Crippen LogP contribution is 2.21. The van der Waals surface area contributed by atoms with E-state index < -0.39 is 28.1 Å². The van der Waals surface area contributed by atoms with Crippen molar-refractivity contribution >= 4 is 21.8 Å². The maximum Gasteiger partial charge on any atom is 0.309 e. The van der Waals surface area contributed by atoms with Crippen molar-refractivity contribution in [2.45, 2.75) is 31.4 Å². The van der Waals surface area contributed by atoms with E-state index in [4.69, 9.17) is 4.74 Å². The zero-order valence-electron chi connectivity index (χ0n) is 15.0. The molecule has 1 heterocycles. The van der Waals surface area contributed by atoms with Crippen LogP contribution in [0, 0.1) is 5.92 Å². The maximum absolute atomic E-state index is 12.8. The molecule has 1 atom stereocenters. The Morgan fingerprint density at radius 3 is 2.50 bits per heavy atom. The van der Waals surface area contributed by atoms with Gasteiger partial charge in [-0.05, 0) is 24.5 Å². The fourth-order valence-corrected chi connectivity index (χ4v) is 4.05. The Hall–Kier alpha value is -1.97. The molecule has 1 aliphatic heterocycles. The van der Waals surface area contributed by atoms with Crippen molar-refractivity contribution in [3.8, 4) is 0 Å². The smallest absolute Gasteiger partial charge is 0.309 e. The summed E-state index contributed by atoms with van der Waals surface area (Å²) in [6, 6.07) is 8.05. The van der Waals surface area contributed by atoms with Gasteiger partial charge in [0.25, 0.3) is 0 Å². The van der Waals surface area contributed by atoms with Gasteiger partial charge in [-0.1, -0.05) is 32.0 Å². The molecule has 2 rings (SSSR count). The predicted octanol–water partition coefficient (Wildman–Crippen LogP) is 0.312. The topological polar surface area (TPSA) is 105 Å². The van der Waals surface area contributed by atoms with E-state index in [1.807, 2.05) is 13.8 Å². The van der Waals surface area contributed by atoms with Gasteiger partial charge in [0.15, 0.2) is 0 Å². The Kier molecular flexibility index (Phi) is 7.13. The van der Waals surface area contributed by atoms with Crippen LogP contribution in [0.4, 0.5) is 0 Å². The number of carbonyl (C=O) groups excluding carboxylic acids is 2. The van der Waals surface area contributed by atoms with Gasteiger partial charge < -0.3 is 15.4 Å². The van der Waals surface area contributed by atoms with Crippen molar-refractivity contribution in [1.82, 2.24) is 14.9 Å². The molecule has 0 unspecified atom stereocenters. The van der Waals surface area contributed by atoms with Crippen molar-refractivity contribution in [2.24, 2.45) is 5.92 Å². The summed E-state index contributed by atoms with van der Waals surface area (Å²) >= 11 is 0. The molecule has 1 fully saturated rings. The fraction of sp³-hybridized carbons (Fsp3) is 0.529. The largest absolute Gasteiger partial charge is 0.360 e. The Balaban J connectivity index is 2.01. The van der Waals surface area contributed by atoms with Gasteiger partial charge in [-0.2, -0.15) is 4.31 Å². The van der Waals surface area contributed by atoms with Gasteiger partial charge in [0, 0.05) is 13.1 Å². The molecule has 26 heavy (non-hydrogen) atoms. The molecule has 1 aromatic rings. The number of ether oxygens (including phenoxy) is 1. The Morgan fingerprint density at radius 1 is 1.19 bits per heavy atom. The van der Waals surface area contributed by atoms with E-state index in [-0.39, 0.29) is 23.9 Å². The summed E-state index contributed by atoms with van der Waals surface area (Å²) in [6.07, 6.45) is -0.290. The minimum absolute atomic E-state index is 0.0972. The summed E-state index contributed by atoms with van der Waals surface area (Å²) in [4.78, 5) is 23.8. The summed E-state index contributed by atoms with van der Waals surface area (Å²) in [6.45, 7) is 4.81. The monoisotopic (exact) mass is 383 g/mol. The van der Waals surface area contributed by atoms with Gasteiger partial charge in [0.2, 0.25) is 10.0 Å². The van der Waals surface area contributed by atoms with Crippen LogP contribution in [0.25, 0.3) is 0 Å². The lowest BCUT2D eigenvalue weighted by molar-refractivity contribution is -0.140. The van der Waals surface area contributed by atoms with E-state index in [0.717, 1.165) is 0 Å². The molecule has 0 aromatic heterocycles. The van der Waals surface area contributed by atoms with Gasteiger partial charge in [0.1, 0.15) is 6.23 Å². The average molecular weight is 383 g/mol. The molecule has 1 saturated heterocycles. The summed E-state index contributed by atoms with van der Waals surface area (Å²) in [5, 5.41) is 4.96. The van der Waals surface area contributed by atoms with Crippen molar-refractivity contribution in [1.29, 1.82) is 0 Å². The number of hydrogen-bond donors (Lipinski definition) is 2. The normalized spacial score (nSPS) is 18.5. The predicted molar refractivity (Wildman–Crippen MR) is 95.5 cm³/mol. The molecule has 1 aromatic carbocycles. The van der Waals surface area contributed by atoms with Gasteiger partial charge in [-0.3, -0.25) is 9.59 Å². The molecule has 0 bridgehead atoms. The second kappa shape index (κ2) is 9.11. The third kappa shape index (κ3) is 5.26. The van der Waals surface area contributed by atoms with Crippen LogP contribution in [0.3, 0.4) is 0 Å². The first-order valence-corrected chi connectivity index (χ1v) is 10.0. The second-order valence-electron chi connectivity index (χ2n) is 6.42. The fourth-order valence-electron chi connectivity index (χ4n) is 2.47. The van der Waals surface area contributed by atoms with Crippen molar-refractivity contribution < 1.29 is 22.7 Å².